The Hall–Kier alpha value is -3.72. The standard InChI is InChI=1S/C21H22N10O6S4/c22-11-1-2-29(30(11)3-4-32)5-10-8-40-21(24-10)39-7-9-6-38-18-13(17(34)31(18)14(9)19(35)36)25-16(33)12(27-37)15-26-20(23)41-28-15/h1-2,8,13,18,22,32H,3-7H2,(H5,23,25,26,28,33,35,36,37)/p+1/t13-,18?/m1/s1. The molecule has 0 aliphatic carbocycles. The van der Waals surface area contributed by atoms with E-state index in [0.717, 1.165) is 26.5 Å². The molecule has 216 valence electrons. The highest BCUT2D eigenvalue weighted by molar-refractivity contribution is 8.01. The van der Waals surface area contributed by atoms with Crippen molar-refractivity contribution in [3.63, 3.8) is 0 Å². The molecule has 2 aliphatic heterocycles. The summed E-state index contributed by atoms with van der Waals surface area (Å²) in [6, 6.07) is 0.716. The number of carbonyl (C=O) groups is 3. The first kappa shape index (κ1) is 28.8. The van der Waals surface area contributed by atoms with Gasteiger partial charge in [-0.1, -0.05) is 16.9 Å². The molecule has 0 radical (unpaired) electrons. The number of hydrogen-bond acceptors (Lipinski definition) is 15. The van der Waals surface area contributed by atoms with Gasteiger partial charge in [0.05, 0.1) is 12.7 Å². The summed E-state index contributed by atoms with van der Waals surface area (Å²) >= 11 is 4.90. The minimum absolute atomic E-state index is 0.0544. The number of rotatable bonds is 11. The van der Waals surface area contributed by atoms with E-state index in [1.54, 1.807) is 16.9 Å². The number of aliphatic hydroxyl groups is 1. The molecular weight excluding hydrogens is 617 g/mol. The lowest BCUT2D eigenvalue weighted by Gasteiger charge is -2.49. The van der Waals surface area contributed by atoms with E-state index in [4.69, 9.17) is 11.5 Å². The first-order chi connectivity index (χ1) is 19.7. The largest absolute Gasteiger partial charge is 0.477 e. The van der Waals surface area contributed by atoms with Gasteiger partial charge in [-0.3, -0.25) is 14.5 Å². The number of anilines is 2. The zero-order valence-corrected chi connectivity index (χ0v) is 24.2. The SMILES string of the molecule is Nc1nc(/C(=N/O)C(=O)N[C@@H]2C(=O)N3C(C(=O)O)=C(CSc4nc(C[n+]5ccc(N)n5CCO)cs4)CSC23)ns1. The van der Waals surface area contributed by atoms with E-state index in [1.165, 1.54) is 34.9 Å². The van der Waals surface area contributed by atoms with Crippen LogP contribution in [0.5, 0.6) is 0 Å². The number of nitrogens with zero attached hydrogens (tertiary/aromatic N) is 7. The molecule has 16 nitrogen and oxygen atoms in total. The van der Waals surface area contributed by atoms with Gasteiger partial charge in [0.15, 0.2) is 21.5 Å². The van der Waals surface area contributed by atoms with Crippen LogP contribution in [0.15, 0.2) is 38.4 Å². The smallest absolute Gasteiger partial charge is 0.352 e. The highest BCUT2D eigenvalue weighted by atomic mass is 32.2. The molecule has 1 saturated heterocycles. The number of oxime groups is 1. The number of hydrogen-bond donors (Lipinski definition) is 6. The third kappa shape index (κ3) is 5.73. The van der Waals surface area contributed by atoms with Crippen LogP contribution >= 0.6 is 46.4 Å². The van der Waals surface area contributed by atoms with Crippen LogP contribution in [0.1, 0.15) is 11.5 Å². The minimum Gasteiger partial charge on any atom is -0.477 e. The third-order valence-electron chi connectivity index (χ3n) is 6.07. The van der Waals surface area contributed by atoms with Gasteiger partial charge in [-0.25, -0.2) is 9.78 Å². The predicted octanol–water partition coefficient (Wildman–Crippen LogP) is -1.00. The number of thiazole rings is 1. The highest BCUT2D eigenvalue weighted by Gasteiger charge is 2.54. The van der Waals surface area contributed by atoms with Crippen molar-refractivity contribution in [2.75, 3.05) is 29.6 Å². The molecular formula is C21H23N10O6S4+. The Kier molecular flexibility index (Phi) is 8.45. The number of aliphatic carboxylic acids is 1. The summed E-state index contributed by atoms with van der Waals surface area (Å²) in [5.41, 5.74) is 12.2. The molecule has 0 bridgehead atoms. The molecule has 41 heavy (non-hydrogen) atoms. The number of aromatic nitrogens is 5. The molecule has 2 aliphatic rings. The second-order valence-electron chi connectivity index (χ2n) is 8.60. The average molecular weight is 640 g/mol. The van der Waals surface area contributed by atoms with Crippen molar-refractivity contribution in [2.24, 2.45) is 5.16 Å². The van der Waals surface area contributed by atoms with Crippen molar-refractivity contribution >= 4 is 80.8 Å². The number of β-lactam (4-membered cyclic amide) rings is 1. The fraction of sp³-hybridized carbons (Fsp3) is 0.333. The van der Waals surface area contributed by atoms with Crippen molar-refractivity contribution in [1.29, 1.82) is 0 Å². The Morgan fingerprint density at radius 2 is 2.12 bits per heavy atom. The number of amides is 2. The van der Waals surface area contributed by atoms with E-state index in [1.807, 2.05) is 10.1 Å². The number of fused-ring (bicyclic) bond motifs is 1. The monoisotopic (exact) mass is 639 g/mol. The van der Waals surface area contributed by atoms with E-state index >= 15 is 0 Å². The summed E-state index contributed by atoms with van der Waals surface area (Å²) < 4.78 is 8.15. The van der Waals surface area contributed by atoms with Gasteiger partial charge in [0, 0.05) is 28.4 Å². The molecule has 0 spiro atoms. The van der Waals surface area contributed by atoms with Crippen LogP contribution in [-0.4, -0.2) is 92.4 Å². The maximum atomic E-state index is 13.0. The lowest BCUT2D eigenvalue weighted by atomic mass is 10.0. The summed E-state index contributed by atoms with van der Waals surface area (Å²) in [6.45, 7) is 0.740. The molecule has 0 saturated carbocycles. The van der Waals surface area contributed by atoms with E-state index in [-0.39, 0.29) is 23.3 Å². The first-order valence-electron chi connectivity index (χ1n) is 11.8. The Balaban J connectivity index is 1.24. The van der Waals surface area contributed by atoms with Gasteiger partial charge in [-0.05, 0) is 5.57 Å². The molecule has 3 aromatic rings. The number of carbonyl (C=O) groups excluding carboxylic acids is 2. The van der Waals surface area contributed by atoms with Gasteiger partial charge >= 0.3 is 5.97 Å². The number of nitrogens with one attached hydrogen (secondary N) is 1. The average Bonchev–Trinajstić information content (AvgIpc) is 3.67. The van der Waals surface area contributed by atoms with Gasteiger partial charge in [0.1, 0.15) is 29.4 Å². The van der Waals surface area contributed by atoms with E-state index in [2.05, 4.69) is 24.8 Å². The minimum atomic E-state index is -1.25. The Labute approximate surface area is 247 Å². The van der Waals surface area contributed by atoms with Crippen LogP contribution in [0, 0.1) is 0 Å². The Morgan fingerprint density at radius 1 is 1.32 bits per heavy atom. The molecule has 5 heterocycles. The van der Waals surface area contributed by atoms with Crippen LogP contribution in [-0.2, 0) is 27.5 Å². The van der Waals surface area contributed by atoms with Gasteiger partial charge in [0.25, 0.3) is 11.8 Å². The van der Waals surface area contributed by atoms with E-state index < -0.39 is 34.9 Å². The van der Waals surface area contributed by atoms with Crippen molar-refractivity contribution < 1.29 is 34.5 Å². The maximum absolute atomic E-state index is 13.0. The topological polar surface area (TPSA) is 239 Å². The second kappa shape index (κ2) is 12.0. The van der Waals surface area contributed by atoms with Crippen molar-refractivity contribution in [3.8, 4) is 0 Å². The fourth-order valence-corrected chi connectivity index (χ4v) is 7.99. The van der Waals surface area contributed by atoms with Crippen molar-refractivity contribution in [3.05, 3.63) is 40.4 Å². The van der Waals surface area contributed by atoms with Crippen LogP contribution in [0.25, 0.3) is 0 Å². The number of thioether (sulfide) groups is 2. The summed E-state index contributed by atoms with van der Waals surface area (Å²) in [6.07, 6.45) is 1.81. The molecule has 3 aromatic heterocycles. The molecule has 2 amide bonds. The molecule has 5 rings (SSSR count). The maximum Gasteiger partial charge on any atom is 0.352 e. The number of aliphatic hydroxyl groups excluding tert-OH is 1. The Bertz CT molecular complexity index is 1560. The van der Waals surface area contributed by atoms with Gasteiger partial charge < -0.3 is 32.2 Å². The van der Waals surface area contributed by atoms with Gasteiger partial charge in [0.2, 0.25) is 18.1 Å². The molecule has 1 unspecified atom stereocenters. The van der Waals surface area contributed by atoms with Crippen molar-refractivity contribution in [2.45, 2.75) is 28.8 Å². The van der Waals surface area contributed by atoms with Gasteiger partial charge in [-0.15, -0.1) is 32.5 Å². The third-order valence-corrected chi connectivity index (χ3v) is 10.1. The molecule has 0 aromatic carbocycles. The summed E-state index contributed by atoms with van der Waals surface area (Å²) in [4.78, 5) is 47.4. The zero-order chi connectivity index (χ0) is 29.3. The summed E-state index contributed by atoms with van der Waals surface area (Å²) in [5.74, 6) is -1.78. The van der Waals surface area contributed by atoms with Crippen LogP contribution in [0.3, 0.4) is 0 Å². The number of carboxylic acid groups (broad SMARTS) is 1. The molecule has 8 N–H and O–H groups in total. The van der Waals surface area contributed by atoms with Gasteiger partial charge in [-0.2, -0.15) is 9.36 Å². The highest BCUT2D eigenvalue weighted by Crippen LogP contribution is 2.41. The Morgan fingerprint density at radius 3 is 2.80 bits per heavy atom. The predicted molar refractivity (Wildman–Crippen MR) is 150 cm³/mol. The van der Waals surface area contributed by atoms with E-state index in [0.29, 0.717) is 36.0 Å². The quantitative estimate of drug-likeness (QED) is 0.0369. The fourth-order valence-electron chi connectivity index (χ4n) is 4.24. The second-order valence-corrected chi connectivity index (χ2v) is 12.6. The lowest BCUT2D eigenvalue weighted by Crippen LogP contribution is -2.71. The van der Waals surface area contributed by atoms with E-state index in [9.17, 15) is 29.8 Å². The van der Waals surface area contributed by atoms with Crippen molar-refractivity contribution in [1.82, 2.24) is 29.2 Å². The lowest BCUT2D eigenvalue weighted by molar-refractivity contribution is -0.767. The number of nitrogens with two attached hydrogens (primary N) is 2. The molecule has 2 atom stereocenters. The zero-order valence-electron chi connectivity index (χ0n) is 20.9. The van der Waals surface area contributed by atoms with Crippen LogP contribution in [0.4, 0.5) is 10.9 Å². The number of nitrogen functional groups attached to an aromatic ring is 2. The summed E-state index contributed by atoms with van der Waals surface area (Å²) in [7, 11) is 0. The van der Waals surface area contributed by atoms with Crippen LogP contribution < -0.4 is 21.5 Å². The van der Waals surface area contributed by atoms with Crippen LogP contribution in [0.2, 0.25) is 0 Å². The summed E-state index contributed by atoms with van der Waals surface area (Å²) in [5, 5.41) is 35.2. The number of carboxylic acids is 1. The molecule has 1 fully saturated rings. The molecule has 20 heteroatoms. The normalized spacial score (nSPS) is 18.8. The first-order valence-corrected chi connectivity index (χ1v) is 15.5.